The molecule has 0 aromatic heterocycles. The number of amides is 4. The lowest BCUT2D eigenvalue weighted by molar-refractivity contribution is -0.141. The van der Waals surface area contributed by atoms with Gasteiger partial charge in [0.2, 0.25) is 11.8 Å². The number of nitrogens with zero attached hydrogens (tertiary/aromatic N) is 2. The molecule has 13 heteroatoms. The Bertz CT molecular complexity index is 1680. The van der Waals surface area contributed by atoms with Crippen molar-refractivity contribution in [3.8, 4) is 0 Å². The molecule has 2 bridgehead atoms. The Labute approximate surface area is 264 Å². The zero-order chi connectivity index (χ0) is 31.9. The molecule has 1 unspecified atom stereocenters. The first-order valence-corrected chi connectivity index (χ1v) is 15.3. The van der Waals surface area contributed by atoms with Crippen molar-refractivity contribution in [2.45, 2.75) is 57.5 Å². The summed E-state index contributed by atoms with van der Waals surface area (Å²) in [4.78, 5) is 58.2. The number of hydrogen-bond donors (Lipinski definition) is 3. The van der Waals surface area contributed by atoms with E-state index in [0.29, 0.717) is 73.4 Å². The fourth-order valence-electron chi connectivity index (χ4n) is 6.69. The van der Waals surface area contributed by atoms with Gasteiger partial charge in [0.05, 0.1) is 47.2 Å². The SMILES string of the molecule is COC(=O)Nc1ccc2c(c1)NC(=O)CCCCC(C(=O)N1CCC[C@@]3(C1)OC(=O)Nc1ccc(Cl)c(F)c13)C1=NC2=C(C)C1. The summed E-state index contributed by atoms with van der Waals surface area (Å²) >= 11 is 6.14. The van der Waals surface area contributed by atoms with Gasteiger partial charge in [0.1, 0.15) is 0 Å². The first kappa shape index (κ1) is 30.6. The highest BCUT2D eigenvalue weighted by atomic mass is 35.5. The average molecular weight is 638 g/mol. The monoisotopic (exact) mass is 637 g/mol. The number of ether oxygens (including phenoxy) is 2. The van der Waals surface area contributed by atoms with E-state index in [1.54, 1.807) is 29.2 Å². The van der Waals surface area contributed by atoms with Crippen LogP contribution in [0.1, 0.15) is 63.0 Å². The second kappa shape index (κ2) is 12.2. The first-order chi connectivity index (χ1) is 21.6. The molecule has 2 aromatic carbocycles. The summed E-state index contributed by atoms with van der Waals surface area (Å²) in [6.45, 7) is 2.33. The molecule has 1 saturated heterocycles. The van der Waals surface area contributed by atoms with Crippen molar-refractivity contribution in [3.05, 3.63) is 57.9 Å². The molecule has 0 aliphatic carbocycles. The van der Waals surface area contributed by atoms with Gasteiger partial charge < -0.3 is 19.7 Å². The van der Waals surface area contributed by atoms with Gasteiger partial charge in [-0.3, -0.25) is 25.2 Å². The zero-order valence-corrected chi connectivity index (χ0v) is 25.7. The number of methoxy groups -OCH3 is 1. The molecular weight excluding hydrogens is 605 g/mol. The third-order valence-corrected chi connectivity index (χ3v) is 9.07. The van der Waals surface area contributed by atoms with Crippen LogP contribution in [0, 0.1) is 11.7 Å². The van der Waals surface area contributed by atoms with Gasteiger partial charge in [0.15, 0.2) is 11.4 Å². The predicted molar refractivity (Wildman–Crippen MR) is 167 cm³/mol. The number of halogens is 2. The number of fused-ring (bicyclic) bond motifs is 5. The standard InChI is InChI=1S/C32H33ClFN5O6/c1-17-14-23-20(6-3-4-7-25(40)36-24-15-18(35-30(42)44-2)8-9-19(24)28(17)37-23)29(41)39-13-5-12-32(16-39)26-22(38-31(43)45-32)11-10-21(33)27(26)34/h8-11,15,20H,3-7,12-14,16H2,1-2H3,(H,35,42)(H,36,40)(H,38,43)/t20?,32-/m0/s1. The van der Waals surface area contributed by atoms with Crippen LogP contribution in [0.2, 0.25) is 5.02 Å². The Balaban J connectivity index is 1.33. The molecule has 45 heavy (non-hydrogen) atoms. The zero-order valence-electron chi connectivity index (χ0n) is 24.9. The fraction of sp³-hybridized carbons (Fsp3) is 0.406. The van der Waals surface area contributed by atoms with Crippen LogP contribution in [0.3, 0.4) is 0 Å². The van der Waals surface area contributed by atoms with Gasteiger partial charge in [0.25, 0.3) is 0 Å². The van der Waals surface area contributed by atoms with E-state index in [4.69, 9.17) is 26.1 Å². The summed E-state index contributed by atoms with van der Waals surface area (Å²) in [7, 11) is 1.26. The van der Waals surface area contributed by atoms with Gasteiger partial charge in [0, 0.05) is 36.3 Å². The maximum atomic E-state index is 15.4. The van der Waals surface area contributed by atoms with E-state index in [9.17, 15) is 19.2 Å². The highest BCUT2D eigenvalue weighted by Crippen LogP contribution is 2.46. The van der Waals surface area contributed by atoms with E-state index < -0.39 is 29.5 Å². The van der Waals surface area contributed by atoms with E-state index in [-0.39, 0.29) is 41.1 Å². The van der Waals surface area contributed by atoms with Crippen molar-refractivity contribution in [2.75, 3.05) is 36.1 Å². The topological polar surface area (TPSA) is 138 Å². The third kappa shape index (κ3) is 5.86. The Hall–Kier alpha value is -4.45. The van der Waals surface area contributed by atoms with E-state index in [0.717, 1.165) is 5.57 Å². The summed E-state index contributed by atoms with van der Waals surface area (Å²) in [5.41, 5.74) is 2.93. The van der Waals surface area contributed by atoms with Crippen LogP contribution >= 0.6 is 11.6 Å². The number of carbonyl (C=O) groups excluding carboxylic acids is 4. The van der Waals surface area contributed by atoms with Crippen LogP contribution in [-0.2, 0) is 24.7 Å². The van der Waals surface area contributed by atoms with Gasteiger partial charge in [-0.05, 0) is 68.5 Å². The van der Waals surface area contributed by atoms with Crippen LogP contribution < -0.4 is 16.0 Å². The minimum atomic E-state index is -1.38. The molecule has 4 amide bonds. The average Bonchev–Trinajstić information content (AvgIpc) is 3.38. The predicted octanol–water partition coefficient (Wildman–Crippen LogP) is 6.44. The minimum Gasteiger partial charge on any atom is -0.453 e. The quantitative estimate of drug-likeness (QED) is 0.346. The second-order valence-corrected chi connectivity index (χ2v) is 12.2. The van der Waals surface area contributed by atoms with Crippen LogP contribution in [0.25, 0.3) is 5.70 Å². The summed E-state index contributed by atoms with van der Waals surface area (Å²) < 4.78 is 25.9. The van der Waals surface area contributed by atoms with E-state index in [2.05, 4.69) is 16.0 Å². The number of hydrogen-bond acceptors (Lipinski definition) is 7. The Morgan fingerprint density at radius 2 is 1.98 bits per heavy atom. The normalized spacial score (nSPS) is 23.0. The highest BCUT2D eigenvalue weighted by Gasteiger charge is 2.49. The molecule has 2 aromatic rings. The van der Waals surface area contributed by atoms with Crippen molar-refractivity contribution < 1.29 is 33.0 Å². The lowest BCUT2D eigenvalue weighted by Gasteiger charge is -2.45. The molecule has 0 radical (unpaired) electrons. The lowest BCUT2D eigenvalue weighted by Crippen LogP contribution is -2.55. The molecule has 4 heterocycles. The fourth-order valence-corrected chi connectivity index (χ4v) is 6.84. The van der Waals surface area contributed by atoms with Gasteiger partial charge in [-0.25, -0.2) is 14.0 Å². The molecule has 11 nitrogen and oxygen atoms in total. The number of nitrogens with one attached hydrogen (secondary N) is 3. The van der Waals surface area contributed by atoms with Gasteiger partial charge in [-0.15, -0.1) is 0 Å². The maximum absolute atomic E-state index is 15.4. The second-order valence-electron chi connectivity index (χ2n) is 11.8. The molecule has 3 N–H and O–H groups in total. The van der Waals surface area contributed by atoms with Crippen molar-refractivity contribution in [1.82, 2.24) is 4.90 Å². The van der Waals surface area contributed by atoms with Gasteiger partial charge >= 0.3 is 12.2 Å². The minimum absolute atomic E-state index is 0.0201. The Morgan fingerprint density at radius 3 is 2.78 bits per heavy atom. The third-order valence-electron chi connectivity index (χ3n) is 8.78. The molecule has 2 atom stereocenters. The lowest BCUT2D eigenvalue weighted by atomic mass is 9.82. The largest absolute Gasteiger partial charge is 0.453 e. The first-order valence-electron chi connectivity index (χ1n) is 14.9. The number of anilines is 3. The van der Waals surface area contributed by atoms with Crippen molar-refractivity contribution >= 4 is 64.1 Å². The summed E-state index contributed by atoms with van der Waals surface area (Å²) in [5.74, 6) is -1.64. The number of rotatable bonds is 2. The summed E-state index contributed by atoms with van der Waals surface area (Å²) in [6, 6.07) is 8.05. The number of benzene rings is 2. The van der Waals surface area contributed by atoms with Crippen LogP contribution in [0.15, 0.2) is 40.9 Å². The van der Waals surface area contributed by atoms with Gasteiger partial charge in [-0.2, -0.15) is 0 Å². The van der Waals surface area contributed by atoms with Crippen LogP contribution in [0.4, 0.5) is 31.0 Å². The molecule has 236 valence electrons. The number of piperidine rings is 1. The smallest absolute Gasteiger partial charge is 0.412 e. The molecular formula is C32H33ClFN5O6. The van der Waals surface area contributed by atoms with E-state index >= 15 is 4.39 Å². The maximum Gasteiger partial charge on any atom is 0.412 e. The molecule has 4 aliphatic rings. The Kier molecular flexibility index (Phi) is 8.25. The summed E-state index contributed by atoms with van der Waals surface area (Å²) in [5, 5.41) is 8.03. The number of allylic oxidation sites excluding steroid dienone is 1. The van der Waals surface area contributed by atoms with E-state index in [1.807, 2.05) is 6.92 Å². The Morgan fingerprint density at radius 1 is 1.16 bits per heavy atom. The van der Waals surface area contributed by atoms with Crippen molar-refractivity contribution in [3.63, 3.8) is 0 Å². The molecule has 0 saturated carbocycles. The number of aliphatic imine (C=N–C) groups is 1. The van der Waals surface area contributed by atoms with Crippen LogP contribution in [-0.4, -0.2) is 54.8 Å². The van der Waals surface area contributed by atoms with E-state index in [1.165, 1.54) is 13.2 Å². The van der Waals surface area contributed by atoms with Crippen molar-refractivity contribution in [2.24, 2.45) is 10.9 Å². The molecule has 1 fully saturated rings. The number of likely N-dealkylation sites (tertiary alicyclic amines) is 1. The number of carbonyl (C=O) groups is 4. The van der Waals surface area contributed by atoms with Crippen LogP contribution in [0.5, 0.6) is 0 Å². The van der Waals surface area contributed by atoms with Crippen molar-refractivity contribution in [1.29, 1.82) is 0 Å². The highest BCUT2D eigenvalue weighted by molar-refractivity contribution is 6.31. The van der Waals surface area contributed by atoms with Gasteiger partial charge in [-0.1, -0.05) is 18.0 Å². The molecule has 6 rings (SSSR count). The molecule has 1 spiro atoms. The molecule has 4 aliphatic heterocycles. The summed E-state index contributed by atoms with van der Waals surface area (Å²) in [6.07, 6.45) is 1.79.